The number of hydrogen-bond acceptors (Lipinski definition) is 3. The third-order valence-electron chi connectivity index (χ3n) is 5.61. The minimum absolute atomic E-state index is 0.00800. The molecule has 4 rings (SSSR count). The summed E-state index contributed by atoms with van der Waals surface area (Å²) in [7, 11) is -3.78. The number of carbonyl (C=O) groups is 1. The van der Waals surface area contributed by atoms with Crippen LogP contribution in [-0.2, 0) is 14.8 Å². The molecule has 8 heteroatoms. The fourth-order valence-electron chi connectivity index (χ4n) is 3.87. The van der Waals surface area contributed by atoms with E-state index in [2.05, 4.69) is 5.32 Å². The molecular formula is C24H22Cl2N2O3S. The highest BCUT2D eigenvalue weighted by molar-refractivity contribution is 7.89. The maximum atomic E-state index is 13.0. The summed E-state index contributed by atoms with van der Waals surface area (Å²) >= 11 is 12.1. The molecule has 1 saturated heterocycles. The Morgan fingerprint density at radius 2 is 1.56 bits per heavy atom. The maximum absolute atomic E-state index is 13.0. The van der Waals surface area contributed by atoms with Crippen LogP contribution in [0.1, 0.15) is 12.8 Å². The summed E-state index contributed by atoms with van der Waals surface area (Å²) in [5.41, 5.74) is 2.70. The first-order valence-electron chi connectivity index (χ1n) is 10.3. The highest BCUT2D eigenvalue weighted by atomic mass is 35.5. The Balaban J connectivity index is 1.44. The summed E-state index contributed by atoms with van der Waals surface area (Å²) in [6.45, 7) is 0.479. The van der Waals surface area contributed by atoms with Crippen molar-refractivity contribution in [1.29, 1.82) is 0 Å². The monoisotopic (exact) mass is 488 g/mol. The standard InChI is InChI=1S/C24H22Cl2N2O3S/c25-19-10-11-21(26)23(16-19)32(30,31)28-14-12-18(13-15-28)24(29)27-22-9-5-4-8-20(22)17-6-2-1-3-7-17/h1-11,16,18H,12-15H2,(H,27,29). The number of amides is 1. The lowest BCUT2D eigenvalue weighted by Gasteiger charge is -2.31. The number of para-hydroxylation sites is 1. The van der Waals surface area contributed by atoms with Crippen molar-refractivity contribution in [2.24, 2.45) is 5.92 Å². The number of carbonyl (C=O) groups excluding carboxylic acids is 1. The van der Waals surface area contributed by atoms with E-state index in [0.29, 0.717) is 17.9 Å². The molecule has 1 aliphatic rings. The van der Waals surface area contributed by atoms with E-state index in [-0.39, 0.29) is 34.8 Å². The second-order valence-electron chi connectivity index (χ2n) is 7.65. The summed E-state index contributed by atoms with van der Waals surface area (Å²) in [5, 5.41) is 3.47. The van der Waals surface area contributed by atoms with Crippen LogP contribution in [-0.4, -0.2) is 31.7 Å². The molecule has 1 N–H and O–H groups in total. The first-order valence-corrected chi connectivity index (χ1v) is 12.5. The van der Waals surface area contributed by atoms with Gasteiger partial charge >= 0.3 is 0 Å². The Kier molecular flexibility index (Phi) is 6.86. The topological polar surface area (TPSA) is 66.5 Å². The number of hydrogen-bond donors (Lipinski definition) is 1. The van der Waals surface area contributed by atoms with Gasteiger partial charge in [0.1, 0.15) is 4.90 Å². The lowest BCUT2D eigenvalue weighted by molar-refractivity contribution is -0.120. The lowest BCUT2D eigenvalue weighted by Crippen LogP contribution is -2.41. The van der Waals surface area contributed by atoms with Gasteiger partial charge in [0.15, 0.2) is 0 Å². The zero-order valence-electron chi connectivity index (χ0n) is 17.2. The van der Waals surface area contributed by atoms with Crippen LogP contribution >= 0.6 is 23.2 Å². The SMILES string of the molecule is O=C(Nc1ccccc1-c1ccccc1)C1CCN(S(=O)(=O)c2cc(Cl)ccc2Cl)CC1. The third-order valence-corrected chi connectivity index (χ3v) is 8.22. The number of piperidine rings is 1. The van der Waals surface area contributed by atoms with E-state index < -0.39 is 10.0 Å². The van der Waals surface area contributed by atoms with E-state index in [0.717, 1.165) is 16.8 Å². The van der Waals surface area contributed by atoms with E-state index in [1.165, 1.54) is 16.4 Å². The van der Waals surface area contributed by atoms with Crippen LogP contribution in [0.3, 0.4) is 0 Å². The van der Waals surface area contributed by atoms with E-state index in [1.54, 1.807) is 6.07 Å². The number of rotatable bonds is 5. The Labute approximate surface area is 198 Å². The summed E-state index contributed by atoms with van der Waals surface area (Å²) in [6, 6.07) is 21.9. The Morgan fingerprint density at radius 1 is 0.906 bits per heavy atom. The number of nitrogens with one attached hydrogen (secondary N) is 1. The van der Waals surface area contributed by atoms with Gasteiger partial charge in [-0.25, -0.2) is 8.42 Å². The normalized spacial score (nSPS) is 15.4. The van der Waals surface area contributed by atoms with Gasteiger partial charge in [-0.15, -0.1) is 0 Å². The van der Waals surface area contributed by atoms with Crippen LogP contribution in [0.15, 0.2) is 77.7 Å². The van der Waals surface area contributed by atoms with Gasteiger partial charge in [-0.05, 0) is 42.7 Å². The van der Waals surface area contributed by atoms with Crippen molar-refractivity contribution < 1.29 is 13.2 Å². The number of benzene rings is 3. The molecule has 0 atom stereocenters. The molecule has 1 aliphatic heterocycles. The van der Waals surface area contributed by atoms with Crippen molar-refractivity contribution in [3.8, 4) is 11.1 Å². The van der Waals surface area contributed by atoms with Gasteiger partial charge in [0.2, 0.25) is 15.9 Å². The fourth-order valence-corrected chi connectivity index (χ4v) is 6.08. The highest BCUT2D eigenvalue weighted by Crippen LogP contribution is 2.32. The Bertz CT molecular complexity index is 1230. The third kappa shape index (κ3) is 4.84. The van der Waals surface area contributed by atoms with Crippen LogP contribution in [0.4, 0.5) is 5.69 Å². The van der Waals surface area contributed by atoms with Crippen molar-refractivity contribution >= 4 is 44.8 Å². The van der Waals surface area contributed by atoms with Gasteiger partial charge in [0.05, 0.1) is 5.02 Å². The summed E-state index contributed by atoms with van der Waals surface area (Å²) in [5.74, 6) is -0.383. The maximum Gasteiger partial charge on any atom is 0.244 e. The minimum atomic E-state index is -3.78. The summed E-state index contributed by atoms with van der Waals surface area (Å²) < 4.78 is 27.4. The minimum Gasteiger partial charge on any atom is -0.325 e. The molecular weight excluding hydrogens is 467 g/mol. The smallest absolute Gasteiger partial charge is 0.244 e. The molecule has 3 aromatic carbocycles. The summed E-state index contributed by atoms with van der Waals surface area (Å²) in [6.07, 6.45) is 0.855. The molecule has 0 aliphatic carbocycles. The van der Waals surface area contributed by atoms with Crippen molar-refractivity contribution in [1.82, 2.24) is 4.31 Å². The van der Waals surface area contributed by atoms with Gasteiger partial charge in [0.25, 0.3) is 0 Å². The first-order chi connectivity index (χ1) is 15.4. The van der Waals surface area contributed by atoms with Gasteiger partial charge in [0, 0.05) is 35.3 Å². The van der Waals surface area contributed by atoms with Crippen LogP contribution < -0.4 is 5.32 Å². The molecule has 32 heavy (non-hydrogen) atoms. The quantitative estimate of drug-likeness (QED) is 0.500. The van der Waals surface area contributed by atoms with Gasteiger partial charge in [-0.2, -0.15) is 4.31 Å². The van der Waals surface area contributed by atoms with E-state index in [9.17, 15) is 13.2 Å². The number of sulfonamides is 1. The largest absolute Gasteiger partial charge is 0.325 e. The van der Waals surface area contributed by atoms with Crippen LogP contribution in [0, 0.1) is 5.92 Å². The van der Waals surface area contributed by atoms with Gasteiger partial charge in [-0.3, -0.25) is 4.79 Å². The lowest BCUT2D eigenvalue weighted by atomic mass is 9.96. The van der Waals surface area contributed by atoms with E-state index >= 15 is 0 Å². The van der Waals surface area contributed by atoms with Gasteiger partial charge < -0.3 is 5.32 Å². The van der Waals surface area contributed by atoms with E-state index in [4.69, 9.17) is 23.2 Å². The number of halogens is 2. The molecule has 1 fully saturated rings. The van der Waals surface area contributed by atoms with Crippen LogP contribution in [0.2, 0.25) is 10.0 Å². The molecule has 0 spiro atoms. The molecule has 0 bridgehead atoms. The molecule has 5 nitrogen and oxygen atoms in total. The van der Waals surface area contributed by atoms with Crippen molar-refractivity contribution in [3.05, 3.63) is 82.8 Å². The van der Waals surface area contributed by atoms with Crippen molar-refractivity contribution in [2.75, 3.05) is 18.4 Å². The van der Waals surface area contributed by atoms with Crippen LogP contribution in [0.5, 0.6) is 0 Å². The number of anilines is 1. The van der Waals surface area contributed by atoms with Crippen molar-refractivity contribution in [3.63, 3.8) is 0 Å². The molecule has 0 unspecified atom stereocenters. The zero-order valence-corrected chi connectivity index (χ0v) is 19.5. The fraction of sp³-hybridized carbons (Fsp3) is 0.208. The molecule has 0 saturated carbocycles. The highest BCUT2D eigenvalue weighted by Gasteiger charge is 2.33. The molecule has 0 aromatic heterocycles. The average molecular weight is 489 g/mol. The Hall–Kier alpha value is -2.38. The molecule has 166 valence electrons. The van der Waals surface area contributed by atoms with Crippen LogP contribution in [0.25, 0.3) is 11.1 Å². The molecule has 1 amide bonds. The second kappa shape index (κ2) is 9.63. The van der Waals surface area contributed by atoms with Crippen molar-refractivity contribution in [2.45, 2.75) is 17.7 Å². The van der Waals surface area contributed by atoms with E-state index in [1.807, 2.05) is 54.6 Å². The molecule has 3 aromatic rings. The molecule has 1 heterocycles. The number of nitrogens with zero attached hydrogens (tertiary/aromatic N) is 1. The summed E-state index contributed by atoms with van der Waals surface area (Å²) in [4.78, 5) is 13.0. The second-order valence-corrected chi connectivity index (χ2v) is 10.4. The van der Waals surface area contributed by atoms with Gasteiger partial charge in [-0.1, -0.05) is 71.7 Å². The first kappa shape index (κ1) is 22.8. The zero-order chi connectivity index (χ0) is 22.7. The average Bonchev–Trinajstić information content (AvgIpc) is 2.81. The Morgan fingerprint density at radius 3 is 2.28 bits per heavy atom. The predicted molar refractivity (Wildman–Crippen MR) is 128 cm³/mol. The molecule has 0 radical (unpaired) electrons. The predicted octanol–water partition coefficient (Wildman–Crippen LogP) is 5.70.